The molecule has 2 rings (SSSR count). The number of likely N-dealkylation sites (tertiary alicyclic amines) is 1. The average Bonchev–Trinajstić information content (AvgIpc) is 2.96. The first-order valence-electron chi connectivity index (χ1n) is 7.52. The van der Waals surface area contributed by atoms with E-state index in [9.17, 15) is 9.90 Å². The Bertz CT molecular complexity index is 586. The van der Waals surface area contributed by atoms with Crippen LogP contribution in [0.4, 0.5) is 0 Å². The summed E-state index contributed by atoms with van der Waals surface area (Å²) < 4.78 is 5.67. The van der Waals surface area contributed by atoms with Crippen LogP contribution < -0.4 is 4.74 Å². The van der Waals surface area contributed by atoms with Crippen LogP contribution in [-0.4, -0.2) is 40.2 Å². The predicted octanol–water partition coefficient (Wildman–Crippen LogP) is 2.09. The Labute approximate surface area is 131 Å². The fraction of sp³-hybridized carbons (Fsp3) is 0.529. The molecule has 1 aromatic rings. The first-order chi connectivity index (χ1) is 10.3. The summed E-state index contributed by atoms with van der Waals surface area (Å²) in [7, 11) is 0. The summed E-state index contributed by atoms with van der Waals surface area (Å²) in [4.78, 5) is 14.3. The van der Waals surface area contributed by atoms with Crippen LogP contribution in [0.2, 0.25) is 0 Å². The summed E-state index contributed by atoms with van der Waals surface area (Å²) in [5, 5.41) is 19.1. The van der Waals surface area contributed by atoms with Crippen molar-refractivity contribution in [3.63, 3.8) is 0 Å². The van der Waals surface area contributed by atoms with Crippen LogP contribution in [0.15, 0.2) is 24.3 Å². The summed E-state index contributed by atoms with van der Waals surface area (Å²) in [6, 6.07) is 8.60. The molecule has 1 fully saturated rings. The van der Waals surface area contributed by atoms with Crippen molar-refractivity contribution in [1.29, 1.82) is 5.26 Å². The van der Waals surface area contributed by atoms with Crippen molar-refractivity contribution in [2.24, 2.45) is 0 Å². The molecule has 118 valence electrons. The smallest absolute Gasteiger partial charge is 0.263 e. The van der Waals surface area contributed by atoms with Gasteiger partial charge in [-0.25, -0.2) is 0 Å². The number of benzene rings is 1. The lowest BCUT2D eigenvalue weighted by Crippen LogP contribution is -2.51. The van der Waals surface area contributed by atoms with Gasteiger partial charge in [-0.05, 0) is 51.8 Å². The van der Waals surface area contributed by atoms with E-state index in [1.807, 2.05) is 6.07 Å². The SMILES string of the molecule is CC(Oc1cccc(C#N)c1)C(=O)N1CCCC1C(C)(C)O. The highest BCUT2D eigenvalue weighted by atomic mass is 16.5. The number of hydrogen-bond donors (Lipinski definition) is 1. The van der Waals surface area contributed by atoms with Crippen LogP contribution in [0.5, 0.6) is 5.75 Å². The largest absolute Gasteiger partial charge is 0.481 e. The lowest BCUT2D eigenvalue weighted by molar-refractivity contribution is -0.143. The number of amides is 1. The number of carbonyl (C=O) groups excluding carboxylic acids is 1. The molecule has 0 bridgehead atoms. The molecular formula is C17H22N2O3. The molecule has 0 aromatic heterocycles. The Morgan fingerprint density at radius 3 is 2.91 bits per heavy atom. The molecule has 1 saturated heterocycles. The van der Waals surface area contributed by atoms with Crippen molar-refractivity contribution < 1.29 is 14.6 Å². The fourth-order valence-electron chi connectivity index (χ4n) is 2.89. The van der Waals surface area contributed by atoms with Gasteiger partial charge in [-0.15, -0.1) is 0 Å². The summed E-state index contributed by atoms with van der Waals surface area (Å²) in [6.07, 6.45) is 1.03. The van der Waals surface area contributed by atoms with Gasteiger partial charge in [0.25, 0.3) is 5.91 Å². The third kappa shape index (κ3) is 3.58. The second-order valence-corrected chi connectivity index (χ2v) is 6.24. The van der Waals surface area contributed by atoms with Gasteiger partial charge in [0.15, 0.2) is 6.10 Å². The molecule has 5 heteroatoms. The number of aliphatic hydroxyl groups is 1. The van der Waals surface area contributed by atoms with E-state index in [2.05, 4.69) is 0 Å². The Kier molecular flexibility index (Phi) is 4.72. The van der Waals surface area contributed by atoms with Gasteiger partial charge < -0.3 is 14.7 Å². The fourth-order valence-corrected chi connectivity index (χ4v) is 2.89. The summed E-state index contributed by atoms with van der Waals surface area (Å²) in [6.45, 7) is 5.79. The Hall–Kier alpha value is -2.06. The third-order valence-electron chi connectivity index (χ3n) is 3.98. The van der Waals surface area contributed by atoms with Crippen molar-refractivity contribution >= 4 is 5.91 Å². The predicted molar refractivity (Wildman–Crippen MR) is 82.3 cm³/mol. The maximum Gasteiger partial charge on any atom is 0.263 e. The van der Waals surface area contributed by atoms with E-state index in [0.717, 1.165) is 12.8 Å². The zero-order valence-electron chi connectivity index (χ0n) is 13.2. The molecule has 1 amide bonds. The first kappa shape index (κ1) is 16.3. The Morgan fingerprint density at radius 1 is 1.55 bits per heavy atom. The van der Waals surface area contributed by atoms with Crippen molar-refractivity contribution in [1.82, 2.24) is 4.90 Å². The molecule has 22 heavy (non-hydrogen) atoms. The molecule has 2 unspecified atom stereocenters. The molecule has 5 nitrogen and oxygen atoms in total. The second-order valence-electron chi connectivity index (χ2n) is 6.24. The van der Waals surface area contributed by atoms with Crippen molar-refractivity contribution in [3.05, 3.63) is 29.8 Å². The summed E-state index contributed by atoms with van der Waals surface area (Å²) >= 11 is 0. The highest BCUT2D eigenvalue weighted by Gasteiger charge is 2.40. The maximum atomic E-state index is 12.6. The van der Waals surface area contributed by atoms with E-state index in [4.69, 9.17) is 10.00 Å². The zero-order valence-corrected chi connectivity index (χ0v) is 13.2. The standard InChI is InChI=1S/C17H22N2O3/c1-12(22-14-7-4-6-13(10-14)11-18)16(20)19-9-5-8-15(19)17(2,3)21/h4,6-7,10,12,15,21H,5,8-9H2,1-3H3. The molecule has 1 aromatic carbocycles. The van der Waals surface area contributed by atoms with E-state index in [1.54, 1.807) is 49.9 Å². The molecule has 1 aliphatic rings. The van der Waals surface area contributed by atoms with E-state index >= 15 is 0 Å². The van der Waals surface area contributed by atoms with Crippen molar-refractivity contribution in [2.75, 3.05) is 6.54 Å². The second kappa shape index (κ2) is 6.37. The van der Waals surface area contributed by atoms with Crippen molar-refractivity contribution in [2.45, 2.75) is 51.4 Å². The van der Waals surface area contributed by atoms with Gasteiger partial charge in [0.1, 0.15) is 5.75 Å². The van der Waals surface area contributed by atoms with Crippen LogP contribution >= 0.6 is 0 Å². The van der Waals surface area contributed by atoms with E-state index < -0.39 is 11.7 Å². The first-order valence-corrected chi connectivity index (χ1v) is 7.52. The normalized spacial score (nSPS) is 19.6. The third-order valence-corrected chi connectivity index (χ3v) is 3.98. The topological polar surface area (TPSA) is 73.6 Å². The minimum atomic E-state index is -0.924. The molecule has 0 saturated carbocycles. The maximum absolute atomic E-state index is 12.6. The van der Waals surface area contributed by atoms with Gasteiger partial charge >= 0.3 is 0 Å². The van der Waals surface area contributed by atoms with Crippen LogP contribution in [0.3, 0.4) is 0 Å². The van der Waals surface area contributed by atoms with Crippen LogP contribution in [-0.2, 0) is 4.79 Å². The van der Waals surface area contributed by atoms with Crippen molar-refractivity contribution in [3.8, 4) is 11.8 Å². The van der Waals surface area contributed by atoms with Crippen LogP contribution in [0, 0.1) is 11.3 Å². The number of nitriles is 1. The number of rotatable bonds is 4. The summed E-state index contributed by atoms with van der Waals surface area (Å²) in [5.41, 5.74) is -0.431. The van der Waals surface area contributed by atoms with E-state index in [1.165, 1.54) is 0 Å². The van der Waals surface area contributed by atoms with Gasteiger partial charge in [-0.1, -0.05) is 6.07 Å². The number of carbonyl (C=O) groups is 1. The highest BCUT2D eigenvalue weighted by molar-refractivity contribution is 5.81. The lowest BCUT2D eigenvalue weighted by Gasteiger charge is -2.35. The molecule has 2 atom stereocenters. The minimum Gasteiger partial charge on any atom is -0.481 e. The van der Waals surface area contributed by atoms with E-state index in [-0.39, 0.29) is 11.9 Å². The minimum absolute atomic E-state index is 0.132. The number of ether oxygens (including phenoxy) is 1. The van der Waals surface area contributed by atoms with Gasteiger partial charge in [-0.3, -0.25) is 4.79 Å². The van der Waals surface area contributed by atoms with E-state index in [0.29, 0.717) is 17.9 Å². The average molecular weight is 302 g/mol. The van der Waals surface area contributed by atoms with Gasteiger partial charge in [0.05, 0.1) is 23.3 Å². The zero-order chi connectivity index (χ0) is 16.3. The molecule has 0 spiro atoms. The number of hydrogen-bond acceptors (Lipinski definition) is 4. The highest BCUT2D eigenvalue weighted by Crippen LogP contribution is 2.28. The monoisotopic (exact) mass is 302 g/mol. The lowest BCUT2D eigenvalue weighted by atomic mass is 9.96. The van der Waals surface area contributed by atoms with Gasteiger partial charge in [0.2, 0.25) is 0 Å². The Morgan fingerprint density at radius 2 is 2.27 bits per heavy atom. The van der Waals surface area contributed by atoms with Gasteiger partial charge in [-0.2, -0.15) is 5.26 Å². The van der Waals surface area contributed by atoms with Crippen LogP contribution in [0.1, 0.15) is 39.2 Å². The quantitative estimate of drug-likeness (QED) is 0.924. The molecule has 1 aliphatic heterocycles. The molecule has 1 N–H and O–H groups in total. The molecule has 0 radical (unpaired) electrons. The van der Waals surface area contributed by atoms with Gasteiger partial charge in [0, 0.05) is 6.54 Å². The molecular weight excluding hydrogens is 280 g/mol. The Balaban J connectivity index is 2.07. The number of nitrogens with zero attached hydrogens (tertiary/aromatic N) is 2. The van der Waals surface area contributed by atoms with Crippen LogP contribution in [0.25, 0.3) is 0 Å². The molecule has 1 heterocycles. The summed E-state index contributed by atoms with van der Waals surface area (Å²) in [5.74, 6) is 0.367. The molecule has 0 aliphatic carbocycles.